The summed E-state index contributed by atoms with van der Waals surface area (Å²) >= 11 is 1.55. The molecule has 1 N–H and O–H groups in total. The first-order valence-corrected chi connectivity index (χ1v) is 9.84. The van der Waals surface area contributed by atoms with Gasteiger partial charge in [-0.25, -0.2) is 4.98 Å². The second kappa shape index (κ2) is 8.54. The first kappa shape index (κ1) is 18.0. The van der Waals surface area contributed by atoms with Crippen LogP contribution in [0.2, 0.25) is 0 Å². The third-order valence-electron chi connectivity index (χ3n) is 4.48. The lowest BCUT2D eigenvalue weighted by Gasteiger charge is -2.32. The molecule has 1 aliphatic rings. The molecule has 0 radical (unpaired) electrons. The van der Waals surface area contributed by atoms with Crippen molar-refractivity contribution in [1.82, 2.24) is 20.2 Å². The second-order valence-electron chi connectivity index (χ2n) is 7.04. The minimum atomic E-state index is 0.0422. The summed E-state index contributed by atoms with van der Waals surface area (Å²) in [5.41, 5.74) is 1.81. The van der Waals surface area contributed by atoms with Gasteiger partial charge in [-0.15, -0.1) is 11.3 Å². The SMILES string of the molecule is C[C@@H]1CCCN(C[C@@H](C)NC(=O)Cc2csc(-c3cccnc3)n2)C1. The van der Waals surface area contributed by atoms with Crippen molar-refractivity contribution in [1.29, 1.82) is 0 Å². The van der Waals surface area contributed by atoms with Crippen molar-refractivity contribution in [2.45, 2.75) is 39.2 Å². The number of aromatic nitrogens is 2. The summed E-state index contributed by atoms with van der Waals surface area (Å²) in [4.78, 5) is 23.4. The van der Waals surface area contributed by atoms with Crippen molar-refractivity contribution in [3.63, 3.8) is 0 Å². The summed E-state index contributed by atoms with van der Waals surface area (Å²) in [6.07, 6.45) is 6.45. The van der Waals surface area contributed by atoms with E-state index in [0.717, 1.165) is 41.8 Å². The lowest BCUT2D eigenvalue weighted by molar-refractivity contribution is -0.121. The largest absolute Gasteiger partial charge is 0.352 e. The Morgan fingerprint density at radius 3 is 3.16 bits per heavy atom. The Morgan fingerprint density at radius 1 is 1.52 bits per heavy atom. The van der Waals surface area contributed by atoms with Gasteiger partial charge in [0.25, 0.3) is 0 Å². The second-order valence-corrected chi connectivity index (χ2v) is 7.90. The predicted molar refractivity (Wildman–Crippen MR) is 101 cm³/mol. The molecule has 6 heteroatoms. The molecule has 0 spiro atoms. The predicted octanol–water partition coefficient (Wildman–Crippen LogP) is 2.98. The van der Waals surface area contributed by atoms with Crippen molar-refractivity contribution in [3.05, 3.63) is 35.6 Å². The van der Waals surface area contributed by atoms with Crippen LogP contribution in [0.25, 0.3) is 10.6 Å². The minimum Gasteiger partial charge on any atom is -0.352 e. The Morgan fingerprint density at radius 2 is 2.40 bits per heavy atom. The number of likely N-dealkylation sites (tertiary alicyclic amines) is 1. The minimum absolute atomic E-state index is 0.0422. The van der Waals surface area contributed by atoms with Crippen LogP contribution in [0.5, 0.6) is 0 Å². The van der Waals surface area contributed by atoms with E-state index in [9.17, 15) is 4.79 Å². The molecular weight excluding hydrogens is 332 g/mol. The van der Waals surface area contributed by atoms with Crippen molar-refractivity contribution in [3.8, 4) is 10.6 Å². The third-order valence-corrected chi connectivity index (χ3v) is 5.42. The highest BCUT2D eigenvalue weighted by Crippen LogP contribution is 2.22. The first-order valence-electron chi connectivity index (χ1n) is 8.96. The van der Waals surface area contributed by atoms with Crippen LogP contribution in [-0.4, -0.2) is 46.5 Å². The monoisotopic (exact) mass is 358 g/mol. The molecule has 1 amide bonds. The molecule has 134 valence electrons. The van der Waals surface area contributed by atoms with Crippen LogP contribution in [0, 0.1) is 5.92 Å². The maximum atomic E-state index is 12.3. The smallest absolute Gasteiger partial charge is 0.226 e. The van der Waals surface area contributed by atoms with Gasteiger partial charge in [0.05, 0.1) is 12.1 Å². The fourth-order valence-electron chi connectivity index (χ4n) is 3.39. The molecule has 25 heavy (non-hydrogen) atoms. The molecule has 1 saturated heterocycles. The average Bonchev–Trinajstić information content (AvgIpc) is 3.03. The summed E-state index contributed by atoms with van der Waals surface area (Å²) in [5.74, 6) is 0.804. The van der Waals surface area contributed by atoms with E-state index >= 15 is 0 Å². The number of nitrogens with zero attached hydrogens (tertiary/aromatic N) is 3. The molecule has 1 fully saturated rings. The molecule has 2 aromatic heterocycles. The Bertz CT molecular complexity index is 688. The molecule has 1 aliphatic heterocycles. The van der Waals surface area contributed by atoms with Gasteiger partial charge in [-0.05, 0) is 44.4 Å². The number of pyridine rings is 1. The van der Waals surface area contributed by atoms with E-state index in [-0.39, 0.29) is 11.9 Å². The van der Waals surface area contributed by atoms with E-state index < -0.39 is 0 Å². The molecule has 0 aliphatic carbocycles. The van der Waals surface area contributed by atoms with Gasteiger partial charge in [0.15, 0.2) is 0 Å². The number of thiazole rings is 1. The Balaban J connectivity index is 1.48. The number of rotatable bonds is 6. The van der Waals surface area contributed by atoms with Crippen molar-refractivity contribution < 1.29 is 4.79 Å². The van der Waals surface area contributed by atoms with E-state index in [1.165, 1.54) is 12.8 Å². The van der Waals surface area contributed by atoms with E-state index in [0.29, 0.717) is 6.42 Å². The molecule has 3 heterocycles. The van der Waals surface area contributed by atoms with Crippen molar-refractivity contribution >= 4 is 17.2 Å². The summed E-state index contributed by atoms with van der Waals surface area (Å²) in [5, 5.41) is 5.98. The molecule has 2 atom stereocenters. The van der Waals surface area contributed by atoms with E-state index in [4.69, 9.17) is 0 Å². The Kier molecular flexibility index (Phi) is 6.15. The quantitative estimate of drug-likeness (QED) is 0.862. The van der Waals surface area contributed by atoms with Gasteiger partial charge in [-0.3, -0.25) is 9.78 Å². The third kappa shape index (κ3) is 5.34. The number of carbonyl (C=O) groups is 1. The van der Waals surface area contributed by atoms with Crippen LogP contribution in [0.1, 0.15) is 32.4 Å². The lowest BCUT2D eigenvalue weighted by atomic mass is 10.00. The fraction of sp³-hybridized carbons (Fsp3) is 0.526. The van der Waals surface area contributed by atoms with Gasteiger partial charge < -0.3 is 10.2 Å². The molecular formula is C19H26N4OS. The molecule has 0 bridgehead atoms. The van der Waals surface area contributed by atoms with Crippen LogP contribution in [-0.2, 0) is 11.2 Å². The van der Waals surface area contributed by atoms with Gasteiger partial charge in [-0.2, -0.15) is 0 Å². The number of carbonyl (C=O) groups excluding carboxylic acids is 1. The highest BCUT2D eigenvalue weighted by Gasteiger charge is 2.19. The highest BCUT2D eigenvalue weighted by molar-refractivity contribution is 7.13. The molecule has 5 nitrogen and oxygen atoms in total. The van der Waals surface area contributed by atoms with Crippen molar-refractivity contribution in [2.24, 2.45) is 5.92 Å². The van der Waals surface area contributed by atoms with Gasteiger partial charge in [0, 0.05) is 42.5 Å². The summed E-state index contributed by atoms with van der Waals surface area (Å²) in [6, 6.07) is 4.04. The first-order chi connectivity index (χ1) is 12.1. The fourth-order valence-corrected chi connectivity index (χ4v) is 4.20. The topological polar surface area (TPSA) is 58.1 Å². The van der Waals surface area contributed by atoms with Crippen LogP contribution in [0.3, 0.4) is 0 Å². The van der Waals surface area contributed by atoms with E-state index in [1.54, 1.807) is 23.7 Å². The molecule has 0 saturated carbocycles. The van der Waals surface area contributed by atoms with Crippen LogP contribution < -0.4 is 5.32 Å². The highest BCUT2D eigenvalue weighted by atomic mass is 32.1. The summed E-state index contributed by atoms with van der Waals surface area (Å²) in [6.45, 7) is 7.59. The van der Waals surface area contributed by atoms with Crippen LogP contribution in [0.4, 0.5) is 0 Å². The lowest BCUT2D eigenvalue weighted by Crippen LogP contribution is -2.45. The number of piperidine rings is 1. The molecule has 3 rings (SSSR count). The summed E-state index contributed by atoms with van der Waals surface area (Å²) in [7, 11) is 0. The molecule has 2 aromatic rings. The van der Waals surface area contributed by atoms with Gasteiger partial charge >= 0.3 is 0 Å². The molecule has 0 aromatic carbocycles. The Hall–Kier alpha value is -1.79. The van der Waals surface area contributed by atoms with E-state index in [1.807, 2.05) is 17.5 Å². The normalized spacial score (nSPS) is 19.5. The zero-order valence-corrected chi connectivity index (χ0v) is 15.8. The standard InChI is InChI=1S/C19H26N4OS/c1-14-5-4-8-23(11-14)12-15(2)21-18(24)9-17-13-25-19(22-17)16-6-3-7-20-10-16/h3,6-7,10,13-15H,4-5,8-9,11-12H2,1-2H3,(H,21,24)/t14-,15-/m1/s1. The average molecular weight is 359 g/mol. The van der Waals surface area contributed by atoms with Gasteiger partial charge in [0.2, 0.25) is 5.91 Å². The maximum absolute atomic E-state index is 12.3. The van der Waals surface area contributed by atoms with Crippen molar-refractivity contribution in [2.75, 3.05) is 19.6 Å². The Labute approximate surface area is 153 Å². The zero-order valence-electron chi connectivity index (χ0n) is 14.9. The van der Waals surface area contributed by atoms with Crippen LogP contribution >= 0.6 is 11.3 Å². The van der Waals surface area contributed by atoms with E-state index in [2.05, 4.69) is 34.0 Å². The van der Waals surface area contributed by atoms with Gasteiger partial charge in [0.1, 0.15) is 5.01 Å². The number of hydrogen-bond donors (Lipinski definition) is 1. The molecule has 0 unspecified atom stereocenters. The number of amides is 1. The van der Waals surface area contributed by atoms with Gasteiger partial charge in [-0.1, -0.05) is 6.92 Å². The zero-order chi connectivity index (χ0) is 17.6. The maximum Gasteiger partial charge on any atom is 0.226 e. The number of hydrogen-bond acceptors (Lipinski definition) is 5. The van der Waals surface area contributed by atoms with Crippen LogP contribution in [0.15, 0.2) is 29.9 Å². The number of nitrogens with one attached hydrogen (secondary N) is 1. The summed E-state index contributed by atoms with van der Waals surface area (Å²) < 4.78 is 0.